The summed E-state index contributed by atoms with van der Waals surface area (Å²) < 4.78 is 14.4. The van der Waals surface area contributed by atoms with Gasteiger partial charge < -0.3 is 10.6 Å². The first kappa shape index (κ1) is 16.0. The molecule has 1 heterocycles. The second-order valence-corrected chi connectivity index (χ2v) is 6.40. The summed E-state index contributed by atoms with van der Waals surface area (Å²) in [6, 6.07) is 9.58. The number of para-hydroxylation sites is 1. The first-order chi connectivity index (χ1) is 10.0. The van der Waals surface area contributed by atoms with Crippen molar-refractivity contribution in [2.24, 2.45) is 5.73 Å². The summed E-state index contributed by atoms with van der Waals surface area (Å²) in [6.07, 6.45) is 1.59. The maximum absolute atomic E-state index is 14.4. The Balaban J connectivity index is 2.33. The number of nitrogens with two attached hydrogens (primary N) is 1. The van der Waals surface area contributed by atoms with Gasteiger partial charge in [-0.2, -0.15) is 0 Å². The molecular formula is C17H23FN2S. The van der Waals surface area contributed by atoms with Crippen LogP contribution in [0.5, 0.6) is 0 Å². The number of thiophene rings is 1. The second-order valence-electron chi connectivity index (χ2n) is 5.42. The maximum atomic E-state index is 14.4. The van der Waals surface area contributed by atoms with Crippen molar-refractivity contribution in [3.05, 3.63) is 52.0 Å². The van der Waals surface area contributed by atoms with Crippen molar-refractivity contribution >= 4 is 17.0 Å². The lowest BCUT2D eigenvalue weighted by Crippen LogP contribution is -2.26. The van der Waals surface area contributed by atoms with Gasteiger partial charge in [0.25, 0.3) is 0 Å². The topological polar surface area (TPSA) is 29.3 Å². The first-order valence-electron chi connectivity index (χ1n) is 7.33. The van der Waals surface area contributed by atoms with Gasteiger partial charge in [0.2, 0.25) is 0 Å². The van der Waals surface area contributed by atoms with Crippen LogP contribution >= 0.6 is 11.3 Å². The van der Waals surface area contributed by atoms with Crippen LogP contribution in [0.15, 0.2) is 35.7 Å². The van der Waals surface area contributed by atoms with E-state index >= 15 is 0 Å². The average Bonchev–Trinajstić information content (AvgIpc) is 3.00. The van der Waals surface area contributed by atoms with Gasteiger partial charge >= 0.3 is 0 Å². The smallest absolute Gasteiger partial charge is 0.146 e. The lowest BCUT2D eigenvalue weighted by Gasteiger charge is -2.29. The molecule has 2 N–H and O–H groups in total. The highest BCUT2D eigenvalue weighted by Crippen LogP contribution is 2.33. The lowest BCUT2D eigenvalue weighted by atomic mass is 10.0. The number of nitrogens with zero attached hydrogens (tertiary/aromatic N) is 1. The van der Waals surface area contributed by atoms with Gasteiger partial charge in [-0.25, -0.2) is 4.39 Å². The third kappa shape index (κ3) is 3.63. The SMILES string of the molecule is CCC(N)Cc1cccc(F)c1N(C)C(C)c1cccs1. The Labute approximate surface area is 130 Å². The van der Waals surface area contributed by atoms with E-state index < -0.39 is 0 Å². The summed E-state index contributed by atoms with van der Waals surface area (Å²) in [7, 11) is 1.95. The molecule has 21 heavy (non-hydrogen) atoms. The fraction of sp³-hybridized carbons (Fsp3) is 0.412. The molecule has 2 unspecified atom stereocenters. The van der Waals surface area contributed by atoms with Gasteiger partial charge in [-0.1, -0.05) is 25.1 Å². The van der Waals surface area contributed by atoms with Gasteiger partial charge in [-0.15, -0.1) is 11.3 Å². The van der Waals surface area contributed by atoms with Crippen LogP contribution in [0.4, 0.5) is 10.1 Å². The third-order valence-electron chi connectivity index (χ3n) is 3.97. The number of halogens is 1. The molecule has 0 aliphatic heterocycles. The van der Waals surface area contributed by atoms with Crippen LogP contribution in [0.1, 0.15) is 36.8 Å². The van der Waals surface area contributed by atoms with E-state index in [1.807, 2.05) is 24.1 Å². The highest BCUT2D eigenvalue weighted by atomic mass is 32.1. The Morgan fingerprint density at radius 2 is 2.05 bits per heavy atom. The molecule has 0 radical (unpaired) electrons. The highest BCUT2D eigenvalue weighted by molar-refractivity contribution is 7.10. The van der Waals surface area contributed by atoms with Crippen molar-refractivity contribution in [3.63, 3.8) is 0 Å². The third-order valence-corrected chi connectivity index (χ3v) is 5.01. The predicted octanol–water partition coefficient (Wildman–Crippen LogP) is 4.36. The molecule has 2 atom stereocenters. The molecule has 0 spiro atoms. The zero-order valence-electron chi connectivity index (χ0n) is 12.8. The van der Waals surface area contributed by atoms with E-state index in [2.05, 4.69) is 25.3 Å². The van der Waals surface area contributed by atoms with Crippen LogP contribution in [0.25, 0.3) is 0 Å². The summed E-state index contributed by atoms with van der Waals surface area (Å²) >= 11 is 1.70. The molecule has 1 aromatic heterocycles. The Bertz CT molecular complexity index is 568. The van der Waals surface area contributed by atoms with Crippen LogP contribution in [0, 0.1) is 5.82 Å². The van der Waals surface area contributed by atoms with Gasteiger partial charge in [0.1, 0.15) is 5.82 Å². The molecule has 0 saturated heterocycles. The standard InChI is InChI=1S/C17H23FN2S/c1-4-14(19)11-13-7-5-8-15(18)17(13)20(3)12(2)16-9-6-10-21-16/h5-10,12,14H,4,11,19H2,1-3H3. The number of benzene rings is 1. The molecule has 2 nitrogen and oxygen atoms in total. The number of hydrogen-bond acceptors (Lipinski definition) is 3. The largest absolute Gasteiger partial charge is 0.364 e. The molecule has 0 aliphatic rings. The predicted molar refractivity (Wildman–Crippen MR) is 89.5 cm³/mol. The van der Waals surface area contributed by atoms with E-state index in [1.165, 1.54) is 10.9 Å². The average molecular weight is 306 g/mol. The minimum atomic E-state index is -0.179. The number of anilines is 1. The van der Waals surface area contributed by atoms with Crippen LogP contribution < -0.4 is 10.6 Å². The fourth-order valence-corrected chi connectivity index (χ4v) is 3.29. The minimum absolute atomic E-state index is 0.0657. The van der Waals surface area contributed by atoms with Crippen molar-refractivity contribution in [1.82, 2.24) is 0 Å². The first-order valence-corrected chi connectivity index (χ1v) is 8.21. The quantitative estimate of drug-likeness (QED) is 0.859. The Morgan fingerprint density at radius 1 is 1.29 bits per heavy atom. The maximum Gasteiger partial charge on any atom is 0.146 e. The van der Waals surface area contributed by atoms with Crippen molar-refractivity contribution in [1.29, 1.82) is 0 Å². The van der Waals surface area contributed by atoms with Gasteiger partial charge in [0, 0.05) is 18.0 Å². The molecule has 114 valence electrons. The summed E-state index contributed by atoms with van der Waals surface area (Å²) in [5, 5.41) is 2.05. The van der Waals surface area contributed by atoms with Gasteiger partial charge in [0.15, 0.2) is 0 Å². The van der Waals surface area contributed by atoms with E-state index in [4.69, 9.17) is 5.73 Å². The normalized spacial score (nSPS) is 14.0. The molecule has 4 heteroatoms. The molecule has 0 aliphatic carbocycles. The van der Waals surface area contributed by atoms with E-state index in [1.54, 1.807) is 17.4 Å². The van der Waals surface area contributed by atoms with Crippen LogP contribution in [0.3, 0.4) is 0 Å². The molecule has 0 amide bonds. The second kappa shape index (κ2) is 7.05. The summed E-state index contributed by atoms with van der Waals surface area (Å²) in [6.45, 7) is 4.16. The molecular weight excluding hydrogens is 283 g/mol. The zero-order valence-corrected chi connectivity index (χ0v) is 13.7. The van der Waals surface area contributed by atoms with Gasteiger partial charge in [-0.05, 0) is 42.8 Å². The Morgan fingerprint density at radius 3 is 2.67 bits per heavy atom. The summed E-state index contributed by atoms with van der Waals surface area (Å²) in [5.41, 5.74) is 7.71. The van der Waals surface area contributed by atoms with Crippen LogP contribution in [-0.4, -0.2) is 13.1 Å². The molecule has 1 aromatic carbocycles. The summed E-state index contributed by atoms with van der Waals surface area (Å²) in [4.78, 5) is 3.24. The highest BCUT2D eigenvalue weighted by Gasteiger charge is 2.20. The minimum Gasteiger partial charge on any atom is -0.364 e. The van der Waals surface area contributed by atoms with E-state index in [-0.39, 0.29) is 17.9 Å². The van der Waals surface area contributed by atoms with Crippen LogP contribution in [-0.2, 0) is 6.42 Å². The lowest BCUT2D eigenvalue weighted by molar-refractivity contribution is 0.600. The molecule has 2 rings (SSSR count). The van der Waals surface area contributed by atoms with Gasteiger partial charge in [-0.3, -0.25) is 0 Å². The van der Waals surface area contributed by atoms with Crippen molar-refractivity contribution < 1.29 is 4.39 Å². The fourth-order valence-electron chi connectivity index (χ4n) is 2.46. The van der Waals surface area contributed by atoms with Gasteiger partial charge in [0.05, 0.1) is 11.7 Å². The molecule has 0 saturated carbocycles. The van der Waals surface area contributed by atoms with Crippen LogP contribution in [0.2, 0.25) is 0 Å². The molecule has 2 aromatic rings. The van der Waals surface area contributed by atoms with Crippen molar-refractivity contribution in [3.8, 4) is 0 Å². The number of rotatable bonds is 6. The van der Waals surface area contributed by atoms with Crippen molar-refractivity contribution in [2.45, 2.75) is 38.8 Å². The molecule has 0 bridgehead atoms. The Hall–Kier alpha value is -1.39. The van der Waals surface area contributed by atoms with E-state index in [0.29, 0.717) is 12.1 Å². The zero-order chi connectivity index (χ0) is 15.4. The van der Waals surface area contributed by atoms with E-state index in [9.17, 15) is 4.39 Å². The number of hydrogen-bond donors (Lipinski definition) is 1. The Kier molecular flexibility index (Phi) is 5.37. The van der Waals surface area contributed by atoms with Crippen molar-refractivity contribution in [2.75, 3.05) is 11.9 Å². The van der Waals surface area contributed by atoms with E-state index in [0.717, 1.165) is 12.0 Å². The summed E-state index contributed by atoms with van der Waals surface area (Å²) in [5.74, 6) is -0.179. The monoisotopic (exact) mass is 306 g/mol. The molecule has 0 fully saturated rings.